The van der Waals surface area contributed by atoms with Crippen LogP contribution in [0.25, 0.3) is 0 Å². The molecule has 0 fully saturated rings. The molecule has 9 nitrogen and oxygen atoms in total. The Morgan fingerprint density at radius 2 is 0.719 bits per heavy atom. The van der Waals surface area contributed by atoms with Crippen LogP contribution in [0.15, 0.2) is 122 Å². The SMILES string of the molecule is CC/C=C\C/C=C\C/C=C\C/C=C\C/C=C\C/C=C\CCCCCCCCCCC(=O)NC(COP(=O)(O)OCC[N+](C)(C)C)C(/C=C/CCCCCCCCCCC)OC(=O)CCCCCCCCCCCCCC/C=C\C/C=C\C/C=C\CCCCC. The van der Waals surface area contributed by atoms with Crippen molar-refractivity contribution in [2.24, 2.45) is 0 Å². The molecule has 0 saturated heterocycles. The van der Waals surface area contributed by atoms with Gasteiger partial charge in [-0.2, -0.15) is 0 Å². The fourth-order valence-corrected chi connectivity index (χ4v) is 11.0. The first-order chi connectivity index (χ1) is 43.4. The van der Waals surface area contributed by atoms with Gasteiger partial charge in [0.1, 0.15) is 19.3 Å². The smallest absolute Gasteiger partial charge is 0.456 e. The molecule has 2 N–H and O–H groups in total. The number of hydrogen-bond donors (Lipinski definition) is 2. The van der Waals surface area contributed by atoms with Gasteiger partial charge in [-0.3, -0.25) is 18.6 Å². The van der Waals surface area contributed by atoms with Crippen LogP contribution in [0.1, 0.15) is 316 Å². The minimum absolute atomic E-state index is 0.0329. The van der Waals surface area contributed by atoms with Gasteiger partial charge >= 0.3 is 13.8 Å². The van der Waals surface area contributed by atoms with Crippen molar-refractivity contribution in [3.63, 3.8) is 0 Å². The molecule has 0 radical (unpaired) electrons. The summed E-state index contributed by atoms with van der Waals surface area (Å²) in [4.78, 5) is 37.9. The zero-order valence-electron chi connectivity index (χ0n) is 58.6. The molecular weight excluding hydrogens is 1120 g/mol. The predicted molar refractivity (Wildman–Crippen MR) is 387 cm³/mol. The van der Waals surface area contributed by atoms with Gasteiger partial charge in [0.2, 0.25) is 5.91 Å². The van der Waals surface area contributed by atoms with Crippen LogP contribution in [0.3, 0.4) is 0 Å². The van der Waals surface area contributed by atoms with Crippen molar-refractivity contribution in [2.45, 2.75) is 328 Å². The molecule has 0 spiro atoms. The van der Waals surface area contributed by atoms with Gasteiger partial charge in [0, 0.05) is 12.8 Å². The molecule has 0 bridgehead atoms. The molecule has 3 unspecified atom stereocenters. The van der Waals surface area contributed by atoms with Crippen molar-refractivity contribution < 1.29 is 37.3 Å². The van der Waals surface area contributed by atoms with Crippen molar-refractivity contribution in [1.82, 2.24) is 5.32 Å². The summed E-state index contributed by atoms with van der Waals surface area (Å²) in [5.74, 6) is -0.517. The second-order valence-corrected chi connectivity index (χ2v) is 27.2. The minimum atomic E-state index is -4.47. The van der Waals surface area contributed by atoms with Crippen molar-refractivity contribution in [3.05, 3.63) is 122 Å². The van der Waals surface area contributed by atoms with Crippen LogP contribution in [0, 0.1) is 0 Å². The third-order valence-corrected chi connectivity index (χ3v) is 16.9. The Morgan fingerprint density at radius 1 is 0.404 bits per heavy atom. The van der Waals surface area contributed by atoms with E-state index in [1.807, 2.05) is 33.3 Å². The lowest BCUT2D eigenvalue weighted by atomic mass is 10.0. The number of nitrogens with one attached hydrogen (secondary N) is 1. The number of allylic oxidation sites excluding steroid dienone is 19. The van der Waals surface area contributed by atoms with Gasteiger partial charge in [0.05, 0.1) is 33.8 Å². The van der Waals surface area contributed by atoms with Crippen molar-refractivity contribution in [3.8, 4) is 0 Å². The zero-order valence-corrected chi connectivity index (χ0v) is 59.5. The zero-order chi connectivity index (χ0) is 64.9. The highest BCUT2D eigenvalue weighted by molar-refractivity contribution is 7.47. The highest BCUT2D eigenvalue weighted by Crippen LogP contribution is 2.43. The molecule has 0 heterocycles. The minimum Gasteiger partial charge on any atom is -0.456 e. The van der Waals surface area contributed by atoms with E-state index in [9.17, 15) is 19.0 Å². The molecule has 0 saturated carbocycles. The van der Waals surface area contributed by atoms with Gasteiger partial charge in [0.15, 0.2) is 0 Å². The molecule has 0 aromatic heterocycles. The second-order valence-electron chi connectivity index (χ2n) is 25.7. The van der Waals surface area contributed by atoms with E-state index in [-0.39, 0.29) is 31.5 Å². The summed E-state index contributed by atoms with van der Waals surface area (Å²) in [6, 6.07) is -0.862. The van der Waals surface area contributed by atoms with E-state index >= 15 is 0 Å². The first kappa shape index (κ1) is 85.4. The fraction of sp³-hybridized carbons (Fsp3) is 0.722. The number of ether oxygens (including phenoxy) is 1. The Hall–Kier alpha value is -3.59. The van der Waals surface area contributed by atoms with Crippen molar-refractivity contribution in [2.75, 3.05) is 40.9 Å². The maximum absolute atomic E-state index is 13.6. The van der Waals surface area contributed by atoms with E-state index in [1.54, 1.807) is 0 Å². The van der Waals surface area contributed by atoms with Crippen LogP contribution in [0.5, 0.6) is 0 Å². The summed E-state index contributed by atoms with van der Waals surface area (Å²) >= 11 is 0. The summed E-state index contributed by atoms with van der Waals surface area (Å²) in [7, 11) is 1.48. The van der Waals surface area contributed by atoms with Crippen LogP contribution in [-0.2, 0) is 27.9 Å². The molecule has 0 aliphatic heterocycles. The summed E-state index contributed by atoms with van der Waals surface area (Å²) in [5, 5.41) is 3.07. The molecular formula is C79H140N2O7P+. The van der Waals surface area contributed by atoms with E-state index in [4.69, 9.17) is 13.8 Å². The van der Waals surface area contributed by atoms with Crippen molar-refractivity contribution in [1.29, 1.82) is 0 Å². The number of quaternary nitrogens is 1. The van der Waals surface area contributed by atoms with E-state index in [2.05, 4.69) is 135 Å². The number of nitrogens with zero attached hydrogens (tertiary/aromatic N) is 1. The average Bonchev–Trinajstić information content (AvgIpc) is 3.70. The van der Waals surface area contributed by atoms with Crippen LogP contribution in [0.4, 0.5) is 0 Å². The third-order valence-electron chi connectivity index (χ3n) is 15.9. The number of esters is 1. The summed E-state index contributed by atoms with van der Waals surface area (Å²) in [5.41, 5.74) is 0. The quantitative estimate of drug-likeness (QED) is 0.0205. The highest BCUT2D eigenvalue weighted by atomic mass is 31.2. The van der Waals surface area contributed by atoms with Gasteiger partial charge in [0.25, 0.3) is 0 Å². The Balaban J connectivity index is 5.01. The molecule has 0 aromatic rings. The number of unbranched alkanes of at least 4 members (excludes halogenated alkanes) is 32. The molecule has 0 rings (SSSR count). The predicted octanol–water partition coefficient (Wildman–Crippen LogP) is 23.8. The number of likely N-dealkylation sites (N-methyl/N-ethyl adjacent to an activating group) is 1. The number of rotatable bonds is 66. The van der Waals surface area contributed by atoms with Gasteiger partial charge in [-0.1, -0.05) is 303 Å². The first-order valence-electron chi connectivity index (χ1n) is 36.9. The first-order valence-corrected chi connectivity index (χ1v) is 38.4. The van der Waals surface area contributed by atoms with E-state index in [1.165, 1.54) is 161 Å². The Bertz CT molecular complexity index is 1940. The lowest BCUT2D eigenvalue weighted by molar-refractivity contribution is -0.870. The number of hydrogen-bond acceptors (Lipinski definition) is 6. The van der Waals surface area contributed by atoms with E-state index in [0.717, 1.165) is 122 Å². The standard InChI is InChI=1S/C79H139N2O7P/c1-7-10-13-16-19-22-25-27-29-31-33-35-37-39-40-42-43-45-47-49-51-53-56-59-62-65-68-71-78(82)80-76(75-87-89(84,85)86-74-73-81(4,5)6)77(70-67-64-61-58-55-24-21-18-15-12-9-3)88-79(83)72-69-66-63-60-57-54-52-50-48-46-44-41-38-36-34-32-30-28-26-23-20-17-14-11-8-2/h10,13,19-20,22-23,27-30,33-36,39-40,43,45,67,70,76-77H,7-9,11-12,14-18,21,24-26,31-32,37-38,41-42,44,46-66,68-69,71-75H2,1-6H3,(H-,80,82,84,85)/p+1/b13-10-,22-19-,23-20-,29-27-,30-28-,35-33-,36-34-,40-39-,45-43-,70-67+. The van der Waals surface area contributed by atoms with Gasteiger partial charge < -0.3 is 19.4 Å². The largest absolute Gasteiger partial charge is 0.472 e. The normalized spacial score (nSPS) is 14.2. The molecule has 10 heteroatoms. The fourth-order valence-electron chi connectivity index (χ4n) is 10.2. The lowest BCUT2D eigenvalue weighted by Gasteiger charge is -2.27. The highest BCUT2D eigenvalue weighted by Gasteiger charge is 2.30. The Labute approximate surface area is 550 Å². The number of carbonyl (C=O) groups excluding carboxylic acids is 2. The molecule has 89 heavy (non-hydrogen) atoms. The van der Waals surface area contributed by atoms with Crippen molar-refractivity contribution >= 4 is 19.7 Å². The second kappa shape index (κ2) is 67.3. The maximum Gasteiger partial charge on any atom is 0.472 e. The molecule has 512 valence electrons. The van der Waals surface area contributed by atoms with Crippen LogP contribution in [-0.4, -0.2) is 74.3 Å². The molecule has 0 aromatic carbocycles. The van der Waals surface area contributed by atoms with Crippen LogP contribution < -0.4 is 5.32 Å². The molecule has 0 aliphatic carbocycles. The summed E-state index contributed by atoms with van der Waals surface area (Å²) < 4.78 is 30.8. The number of amides is 1. The number of phosphoric ester groups is 1. The van der Waals surface area contributed by atoms with E-state index in [0.29, 0.717) is 17.4 Å². The van der Waals surface area contributed by atoms with Crippen LogP contribution in [0.2, 0.25) is 0 Å². The molecule has 1 amide bonds. The topological polar surface area (TPSA) is 111 Å². The third kappa shape index (κ3) is 68.6. The number of carbonyl (C=O) groups is 2. The van der Waals surface area contributed by atoms with Gasteiger partial charge in [-0.05, 0) is 122 Å². The maximum atomic E-state index is 13.6. The van der Waals surface area contributed by atoms with Gasteiger partial charge in [-0.15, -0.1) is 0 Å². The molecule has 0 aliphatic rings. The summed E-state index contributed by atoms with van der Waals surface area (Å²) in [6.45, 7) is 6.87. The Morgan fingerprint density at radius 3 is 1.10 bits per heavy atom. The lowest BCUT2D eigenvalue weighted by Crippen LogP contribution is -2.47. The summed E-state index contributed by atoms with van der Waals surface area (Å²) in [6.07, 6.45) is 95.0. The molecule has 3 atom stereocenters. The Kier molecular flexibility index (Phi) is 64.6. The van der Waals surface area contributed by atoms with Gasteiger partial charge in [-0.25, -0.2) is 4.57 Å². The monoisotopic (exact) mass is 1260 g/mol. The number of phosphoric acid groups is 1. The van der Waals surface area contributed by atoms with Crippen LogP contribution >= 0.6 is 7.82 Å². The van der Waals surface area contributed by atoms with E-state index < -0.39 is 20.0 Å². The average molecular weight is 1260 g/mol.